The highest BCUT2D eigenvalue weighted by atomic mass is 16.6. The van der Waals surface area contributed by atoms with Crippen LogP contribution < -0.4 is 0 Å². The molecule has 114 valence electrons. The van der Waals surface area contributed by atoms with Crippen molar-refractivity contribution in [3.8, 4) is 0 Å². The highest BCUT2D eigenvalue weighted by Gasteiger charge is 2.56. The highest BCUT2D eigenvalue weighted by molar-refractivity contribution is 5.98. The normalized spacial score (nSPS) is 32.7. The molecule has 2 aliphatic carbocycles. The molecule has 0 saturated carbocycles. The Morgan fingerprint density at radius 1 is 1.09 bits per heavy atom. The summed E-state index contributed by atoms with van der Waals surface area (Å²) in [6, 6.07) is 10.1. The van der Waals surface area contributed by atoms with Crippen LogP contribution >= 0.6 is 0 Å². The summed E-state index contributed by atoms with van der Waals surface area (Å²) in [6.07, 6.45) is 2.84. The van der Waals surface area contributed by atoms with Gasteiger partial charge in [-0.25, -0.2) is 0 Å². The van der Waals surface area contributed by atoms with E-state index in [1.54, 1.807) is 0 Å². The lowest BCUT2D eigenvalue weighted by atomic mass is 9.63. The van der Waals surface area contributed by atoms with Crippen molar-refractivity contribution in [2.24, 2.45) is 17.3 Å². The molecular weight excluding hydrogens is 276 g/mol. The van der Waals surface area contributed by atoms with Crippen molar-refractivity contribution >= 4 is 11.9 Å². The first-order valence-corrected chi connectivity index (χ1v) is 8.02. The first-order chi connectivity index (χ1) is 10.5. The molecule has 1 aromatic carbocycles. The Morgan fingerprint density at radius 3 is 2.55 bits per heavy atom. The Hall–Kier alpha value is -1.90. The first-order valence-electron chi connectivity index (χ1n) is 8.02. The van der Waals surface area contributed by atoms with Crippen LogP contribution in [0.15, 0.2) is 41.5 Å². The second kappa shape index (κ2) is 4.55. The van der Waals surface area contributed by atoms with Crippen LogP contribution in [0.4, 0.5) is 0 Å². The van der Waals surface area contributed by atoms with Crippen LogP contribution in [0.3, 0.4) is 0 Å². The molecule has 3 atom stereocenters. The molecule has 0 bridgehead atoms. The zero-order valence-corrected chi connectivity index (χ0v) is 13.0. The van der Waals surface area contributed by atoms with Crippen LogP contribution in [-0.2, 0) is 14.3 Å². The second-order valence-corrected chi connectivity index (χ2v) is 7.37. The van der Waals surface area contributed by atoms with Gasteiger partial charge in [-0.1, -0.05) is 55.3 Å². The number of allylic oxidation sites excluding steroid dienone is 2. The van der Waals surface area contributed by atoms with Gasteiger partial charge in [0.1, 0.15) is 0 Å². The Kier molecular flexibility index (Phi) is 2.84. The van der Waals surface area contributed by atoms with Gasteiger partial charge in [0.25, 0.3) is 0 Å². The van der Waals surface area contributed by atoms with E-state index in [1.807, 2.05) is 18.2 Å². The number of cyclic esters (lactones) is 2. The summed E-state index contributed by atoms with van der Waals surface area (Å²) in [5.74, 6) is -1.30. The van der Waals surface area contributed by atoms with Crippen molar-refractivity contribution in [1.29, 1.82) is 0 Å². The molecule has 0 amide bonds. The van der Waals surface area contributed by atoms with E-state index in [0.717, 1.165) is 18.4 Å². The monoisotopic (exact) mass is 296 g/mol. The Labute approximate surface area is 130 Å². The predicted octanol–water partition coefficient (Wildman–Crippen LogP) is 3.61. The zero-order valence-electron chi connectivity index (χ0n) is 13.0. The van der Waals surface area contributed by atoms with Gasteiger partial charge in [0.05, 0.1) is 11.8 Å². The second-order valence-electron chi connectivity index (χ2n) is 7.37. The molecule has 3 nitrogen and oxygen atoms in total. The molecule has 1 aliphatic heterocycles. The number of benzene rings is 1. The smallest absolute Gasteiger partial charge is 0.318 e. The third-order valence-electron chi connectivity index (χ3n) is 5.67. The van der Waals surface area contributed by atoms with E-state index in [9.17, 15) is 9.59 Å². The molecule has 0 spiro atoms. The molecule has 4 rings (SSSR count). The average Bonchev–Trinajstić information content (AvgIpc) is 2.96. The van der Waals surface area contributed by atoms with E-state index >= 15 is 0 Å². The standard InChI is InChI=1S/C19H20O3/c1-19(2)9-8-12-10-13-15(18(21)22-17(13)20)14(16(12)19)11-6-4-3-5-7-11/h3-7,13-15H,8-10H2,1-2H3/t13-,14-,15-/m0/s1. The molecule has 0 N–H and O–H groups in total. The van der Waals surface area contributed by atoms with E-state index < -0.39 is 0 Å². The number of hydrogen-bond acceptors (Lipinski definition) is 3. The van der Waals surface area contributed by atoms with Crippen molar-refractivity contribution in [3.63, 3.8) is 0 Å². The minimum Gasteiger partial charge on any atom is -0.393 e. The largest absolute Gasteiger partial charge is 0.393 e. The van der Waals surface area contributed by atoms with Crippen LogP contribution in [0.5, 0.6) is 0 Å². The third kappa shape index (κ3) is 1.81. The van der Waals surface area contributed by atoms with Gasteiger partial charge in [-0.05, 0) is 30.2 Å². The summed E-state index contributed by atoms with van der Waals surface area (Å²) < 4.78 is 4.99. The van der Waals surface area contributed by atoms with Gasteiger partial charge < -0.3 is 4.74 Å². The maximum absolute atomic E-state index is 12.3. The lowest BCUT2D eigenvalue weighted by molar-refractivity contribution is -0.153. The van der Waals surface area contributed by atoms with Gasteiger partial charge in [0.15, 0.2) is 0 Å². The summed E-state index contributed by atoms with van der Waals surface area (Å²) in [5.41, 5.74) is 3.98. The van der Waals surface area contributed by atoms with E-state index in [0.29, 0.717) is 6.42 Å². The molecule has 1 fully saturated rings. The van der Waals surface area contributed by atoms with E-state index in [4.69, 9.17) is 4.74 Å². The topological polar surface area (TPSA) is 43.4 Å². The molecule has 3 aliphatic rings. The van der Waals surface area contributed by atoms with Crippen LogP contribution in [0, 0.1) is 17.3 Å². The predicted molar refractivity (Wildman–Crippen MR) is 81.9 cm³/mol. The lowest BCUT2D eigenvalue weighted by Crippen LogP contribution is -2.33. The molecule has 1 saturated heterocycles. The van der Waals surface area contributed by atoms with E-state index in [2.05, 4.69) is 26.0 Å². The van der Waals surface area contributed by atoms with Crippen LogP contribution in [0.2, 0.25) is 0 Å². The summed E-state index contributed by atoms with van der Waals surface area (Å²) in [7, 11) is 0. The number of ether oxygens (including phenoxy) is 1. The lowest BCUT2D eigenvalue weighted by Gasteiger charge is -2.37. The molecule has 1 aromatic rings. The summed E-state index contributed by atoms with van der Waals surface area (Å²) in [4.78, 5) is 24.4. The maximum atomic E-state index is 12.3. The maximum Gasteiger partial charge on any atom is 0.318 e. The van der Waals surface area contributed by atoms with Crippen molar-refractivity contribution < 1.29 is 14.3 Å². The molecule has 0 unspecified atom stereocenters. The number of esters is 2. The fourth-order valence-corrected chi connectivity index (χ4v) is 4.68. The Bertz CT molecular complexity index is 684. The summed E-state index contributed by atoms with van der Waals surface area (Å²) in [6.45, 7) is 4.52. The van der Waals surface area contributed by atoms with Crippen LogP contribution in [0.25, 0.3) is 0 Å². The van der Waals surface area contributed by atoms with Crippen molar-refractivity contribution in [1.82, 2.24) is 0 Å². The van der Waals surface area contributed by atoms with Crippen molar-refractivity contribution in [3.05, 3.63) is 47.0 Å². The Balaban J connectivity index is 1.91. The summed E-state index contributed by atoms with van der Waals surface area (Å²) in [5, 5.41) is 0. The number of rotatable bonds is 1. The van der Waals surface area contributed by atoms with Gasteiger partial charge in [0, 0.05) is 5.92 Å². The van der Waals surface area contributed by atoms with Gasteiger partial charge in [-0.3, -0.25) is 9.59 Å². The van der Waals surface area contributed by atoms with Gasteiger partial charge in [-0.15, -0.1) is 0 Å². The van der Waals surface area contributed by atoms with Crippen LogP contribution in [-0.4, -0.2) is 11.9 Å². The minimum atomic E-state index is -0.342. The third-order valence-corrected chi connectivity index (χ3v) is 5.67. The van der Waals surface area contributed by atoms with E-state index in [1.165, 1.54) is 11.1 Å². The number of hydrogen-bond donors (Lipinski definition) is 0. The fourth-order valence-electron chi connectivity index (χ4n) is 4.68. The van der Waals surface area contributed by atoms with Crippen LogP contribution in [0.1, 0.15) is 44.6 Å². The molecule has 0 radical (unpaired) electrons. The van der Waals surface area contributed by atoms with E-state index in [-0.39, 0.29) is 35.1 Å². The average molecular weight is 296 g/mol. The first kappa shape index (κ1) is 13.7. The Morgan fingerprint density at radius 2 is 1.82 bits per heavy atom. The van der Waals surface area contributed by atoms with Gasteiger partial charge in [0.2, 0.25) is 0 Å². The summed E-state index contributed by atoms with van der Waals surface area (Å²) >= 11 is 0. The number of carbonyl (C=O) groups excluding carboxylic acids is 2. The quantitative estimate of drug-likeness (QED) is 0.452. The SMILES string of the molecule is CC1(C)CCC2=C1[C@@H](c1ccccc1)[C@H]1C(=O)OC(=O)[C@H]1C2. The van der Waals surface area contributed by atoms with Crippen molar-refractivity contribution in [2.75, 3.05) is 0 Å². The highest BCUT2D eigenvalue weighted by Crippen LogP contribution is 2.59. The minimum absolute atomic E-state index is 0.00796. The molecular formula is C19H20O3. The van der Waals surface area contributed by atoms with Gasteiger partial charge in [-0.2, -0.15) is 0 Å². The number of carbonyl (C=O) groups is 2. The molecule has 0 aromatic heterocycles. The fraction of sp³-hybridized carbons (Fsp3) is 0.474. The molecule has 3 heteroatoms. The van der Waals surface area contributed by atoms with Crippen molar-refractivity contribution in [2.45, 2.75) is 39.0 Å². The zero-order chi connectivity index (χ0) is 15.5. The molecule has 22 heavy (non-hydrogen) atoms. The number of fused-ring (bicyclic) bond motifs is 1. The molecule has 1 heterocycles. The van der Waals surface area contributed by atoms with Gasteiger partial charge >= 0.3 is 11.9 Å².